The summed E-state index contributed by atoms with van der Waals surface area (Å²) in [5.41, 5.74) is 1.69. The second-order valence-corrected chi connectivity index (χ2v) is 10.2. The molecule has 10 nitrogen and oxygen atoms in total. The Balaban J connectivity index is 1.76. The largest absolute Gasteiger partial charge is 0.494 e. The van der Waals surface area contributed by atoms with Gasteiger partial charge in [0.2, 0.25) is 0 Å². The first-order chi connectivity index (χ1) is 19.3. The SMILES string of the molecule is CCCCCOc1ccc(C2C(C(=O)OCCOC)=C(C)N=c3sc(=Cc4ccc([N+](=O)[O-])cc4)c(=O)n32)cc1. The summed E-state index contributed by atoms with van der Waals surface area (Å²) < 4.78 is 18.2. The van der Waals surface area contributed by atoms with Crippen LogP contribution in [-0.4, -0.2) is 42.4 Å². The van der Waals surface area contributed by atoms with Gasteiger partial charge in [-0.05, 0) is 54.8 Å². The van der Waals surface area contributed by atoms with E-state index in [-0.39, 0.29) is 30.0 Å². The van der Waals surface area contributed by atoms with Crippen LogP contribution in [0.4, 0.5) is 5.69 Å². The van der Waals surface area contributed by atoms with Crippen molar-refractivity contribution in [3.05, 3.63) is 101 Å². The molecule has 1 aromatic heterocycles. The van der Waals surface area contributed by atoms with E-state index in [1.807, 2.05) is 24.3 Å². The molecule has 0 fully saturated rings. The quantitative estimate of drug-likeness (QED) is 0.141. The van der Waals surface area contributed by atoms with Crippen molar-refractivity contribution in [3.63, 3.8) is 0 Å². The summed E-state index contributed by atoms with van der Waals surface area (Å²) >= 11 is 1.19. The first-order valence-corrected chi connectivity index (χ1v) is 13.8. The molecular formula is C29H31N3O7S. The topological polar surface area (TPSA) is 122 Å². The lowest BCUT2D eigenvalue weighted by Gasteiger charge is -2.25. The molecule has 40 heavy (non-hydrogen) atoms. The van der Waals surface area contributed by atoms with Gasteiger partial charge in [0.1, 0.15) is 12.4 Å². The standard InChI is InChI=1S/C29H31N3O7S/c1-4-5-6-15-38-23-13-9-21(10-14-23)26-25(28(34)39-17-16-37-3)19(2)30-29-31(26)27(33)24(40-29)18-20-7-11-22(12-8-20)32(35)36/h7-14,18,26H,4-6,15-17H2,1-3H3. The highest BCUT2D eigenvalue weighted by Crippen LogP contribution is 2.31. The first kappa shape index (κ1) is 28.9. The highest BCUT2D eigenvalue weighted by atomic mass is 32.1. The third-order valence-electron chi connectivity index (χ3n) is 6.38. The number of methoxy groups -OCH3 is 1. The predicted molar refractivity (Wildman–Crippen MR) is 151 cm³/mol. The third kappa shape index (κ3) is 6.54. The van der Waals surface area contributed by atoms with Crippen molar-refractivity contribution in [2.24, 2.45) is 4.99 Å². The third-order valence-corrected chi connectivity index (χ3v) is 7.36. The normalized spacial score (nSPS) is 15.0. The molecule has 2 heterocycles. The summed E-state index contributed by atoms with van der Waals surface area (Å²) in [6.45, 7) is 4.77. The van der Waals surface area contributed by atoms with Crippen LogP contribution in [0.1, 0.15) is 50.3 Å². The fraction of sp³-hybridized carbons (Fsp3) is 0.345. The minimum Gasteiger partial charge on any atom is -0.494 e. The molecule has 1 aliphatic rings. The van der Waals surface area contributed by atoms with Crippen LogP contribution >= 0.6 is 11.3 Å². The molecule has 0 aliphatic carbocycles. The second-order valence-electron chi connectivity index (χ2n) is 9.18. The number of hydrogen-bond donors (Lipinski definition) is 0. The molecule has 2 aromatic carbocycles. The maximum atomic E-state index is 13.7. The number of unbranched alkanes of at least 4 members (excludes halogenated alkanes) is 2. The Kier molecular flexibility index (Phi) is 9.62. The van der Waals surface area contributed by atoms with Crippen LogP contribution in [0.25, 0.3) is 6.08 Å². The molecule has 0 amide bonds. The Morgan fingerprint density at radius 3 is 2.48 bits per heavy atom. The number of allylic oxidation sites excluding steroid dienone is 1. The van der Waals surface area contributed by atoms with Crippen LogP contribution in [0.2, 0.25) is 0 Å². The molecule has 0 bridgehead atoms. The molecule has 1 atom stereocenters. The molecule has 210 valence electrons. The van der Waals surface area contributed by atoms with Crippen molar-refractivity contribution in [2.75, 3.05) is 26.9 Å². The van der Waals surface area contributed by atoms with Gasteiger partial charge in [0.15, 0.2) is 4.80 Å². The first-order valence-electron chi connectivity index (χ1n) is 13.0. The van der Waals surface area contributed by atoms with Crippen molar-refractivity contribution in [1.29, 1.82) is 0 Å². The number of carbonyl (C=O) groups is 1. The van der Waals surface area contributed by atoms with Gasteiger partial charge in [-0.25, -0.2) is 9.79 Å². The van der Waals surface area contributed by atoms with Crippen LogP contribution in [-0.2, 0) is 14.3 Å². The van der Waals surface area contributed by atoms with Crippen LogP contribution in [0, 0.1) is 10.1 Å². The number of nitrogens with zero attached hydrogens (tertiary/aromatic N) is 3. The lowest BCUT2D eigenvalue weighted by Crippen LogP contribution is -2.40. The Bertz CT molecular complexity index is 1570. The van der Waals surface area contributed by atoms with Crippen molar-refractivity contribution >= 4 is 29.1 Å². The van der Waals surface area contributed by atoms with Gasteiger partial charge in [-0.15, -0.1) is 0 Å². The molecular weight excluding hydrogens is 534 g/mol. The van der Waals surface area contributed by atoms with E-state index in [4.69, 9.17) is 14.2 Å². The molecule has 4 rings (SSSR count). The lowest BCUT2D eigenvalue weighted by molar-refractivity contribution is -0.384. The molecule has 1 aliphatic heterocycles. The van der Waals surface area contributed by atoms with Crippen LogP contribution in [0.5, 0.6) is 5.75 Å². The monoisotopic (exact) mass is 565 g/mol. The zero-order chi connectivity index (χ0) is 28.6. The number of hydrogen-bond acceptors (Lipinski definition) is 9. The number of fused-ring (bicyclic) bond motifs is 1. The molecule has 11 heteroatoms. The van der Waals surface area contributed by atoms with E-state index in [0.717, 1.165) is 19.3 Å². The smallest absolute Gasteiger partial charge is 0.338 e. The maximum absolute atomic E-state index is 13.7. The minimum atomic E-state index is -0.764. The Morgan fingerprint density at radius 1 is 1.10 bits per heavy atom. The number of thiazole rings is 1. The second kappa shape index (κ2) is 13.3. The van der Waals surface area contributed by atoms with Crippen molar-refractivity contribution in [1.82, 2.24) is 4.57 Å². The number of rotatable bonds is 12. The van der Waals surface area contributed by atoms with Gasteiger partial charge in [-0.2, -0.15) is 0 Å². The number of non-ortho nitro benzene ring substituents is 1. The van der Waals surface area contributed by atoms with Gasteiger partial charge < -0.3 is 14.2 Å². The molecule has 0 radical (unpaired) electrons. The summed E-state index contributed by atoms with van der Waals surface area (Å²) in [6, 6.07) is 12.5. The van der Waals surface area contributed by atoms with Gasteiger partial charge >= 0.3 is 5.97 Å². The van der Waals surface area contributed by atoms with E-state index >= 15 is 0 Å². The summed E-state index contributed by atoms with van der Waals surface area (Å²) in [5, 5.41) is 11.0. The molecule has 0 N–H and O–H groups in total. The highest BCUT2D eigenvalue weighted by Gasteiger charge is 2.33. The fourth-order valence-corrected chi connectivity index (χ4v) is 5.37. The Labute approximate surface area is 235 Å². The van der Waals surface area contributed by atoms with E-state index in [0.29, 0.717) is 38.5 Å². The van der Waals surface area contributed by atoms with Crippen molar-refractivity contribution in [3.8, 4) is 5.75 Å². The number of ether oxygens (including phenoxy) is 3. The molecule has 1 unspecified atom stereocenters. The summed E-state index contributed by atoms with van der Waals surface area (Å²) in [4.78, 5) is 42.5. The Hall–Kier alpha value is -4.09. The molecule has 3 aromatic rings. The number of carbonyl (C=O) groups excluding carboxylic acids is 1. The van der Waals surface area contributed by atoms with Crippen molar-refractivity contribution < 1.29 is 23.9 Å². The Morgan fingerprint density at radius 2 is 1.82 bits per heavy atom. The van der Waals surface area contributed by atoms with E-state index in [1.54, 1.807) is 25.1 Å². The number of benzene rings is 2. The van der Waals surface area contributed by atoms with Gasteiger partial charge in [-0.1, -0.05) is 43.2 Å². The molecule has 0 saturated carbocycles. The predicted octanol–water partition coefficient (Wildman–Crippen LogP) is 3.90. The summed E-state index contributed by atoms with van der Waals surface area (Å²) in [6.07, 6.45) is 4.81. The van der Waals surface area contributed by atoms with Gasteiger partial charge in [0.25, 0.3) is 11.2 Å². The molecule has 0 saturated heterocycles. The van der Waals surface area contributed by atoms with Gasteiger partial charge in [-0.3, -0.25) is 19.5 Å². The molecule has 0 spiro atoms. The van der Waals surface area contributed by atoms with Gasteiger partial charge in [0, 0.05) is 19.2 Å². The summed E-state index contributed by atoms with van der Waals surface area (Å²) in [5.74, 6) is 0.128. The van der Waals surface area contributed by atoms with E-state index in [9.17, 15) is 19.7 Å². The van der Waals surface area contributed by atoms with Crippen LogP contribution < -0.4 is 19.6 Å². The van der Waals surface area contributed by atoms with E-state index in [1.165, 1.54) is 35.1 Å². The average molecular weight is 566 g/mol. The fourth-order valence-electron chi connectivity index (χ4n) is 4.33. The lowest BCUT2D eigenvalue weighted by atomic mass is 9.96. The van der Waals surface area contributed by atoms with E-state index < -0.39 is 16.9 Å². The summed E-state index contributed by atoms with van der Waals surface area (Å²) in [7, 11) is 1.52. The zero-order valence-electron chi connectivity index (χ0n) is 22.6. The number of aromatic nitrogens is 1. The number of nitro groups is 1. The van der Waals surface area contributed by atoms with Crippen LogP contribution in [0.15, 0.2) is 69.6 Å². The number of esters is 1. The minimum absolute atomic E-state index is 0.0383. The van der Waals surface area contributed by atoms with E-state index in [2.05, 4.69) is 11.9 Å². The van der Waals surface area contributed by atoms with Crippen LogP contribution in [0.3, 0.4) is 0 Å². The van der Waals surface area contributed by atoms with Crippen molar-refractivity contribution in [2.45, 2.75) is 39.2 Å². The maximum Gasteiger partial charge on any atom is 0.338 e. The zero-order valence-corrected chi connectivity index (χ0v) is 23.4. The van der Waals surface area contributed by atoms with Gasteiger partial charge in [0.05, 0.1) is 40.0 Å². The number of nitro benzene ring substituents is 1. The highest BCUT2D eigenvalue weighted by molar-refractivity contribution is 7.07. The average Bonchev–Trinajstić information content (AvgIpc) is 3.25.